The number of hydrogen-bond acceptors (Lipinski definition) is 4. The molecule has 1 aliphatic heterocycles. The number of rotatable bonds is 2. The molecule has 0 spiro atoms. The van der Waals surface area contributed by atoms with Crippen molar-refractivity contribution in [1.82, 2.24) is 10.7 Å². The van der Waals surface area contributed by atoms with Gasteiger partial charge < -0.3 is 5.32 Å². The molecule has 0 radical (unpaired) electrons. The number of nitrogens with zero attached hydrogens (tertiary/aromatic N) is 1. The SMILES string of the molecule is CC1S/C(=N/NC2=CCCCC2)NC1=O. The largest absolute Gasteiger partial charge is 0.303 e. The predicted molar refractivity (Wildman–Crippen MR) is 62.3 cm³/mol. The van der Waals surface area contributed by atoms with E-state index in [9.17, 15) is 4.79 Å². The van der Waals surface area contributed by atoms with Crippen molar-refractivity contribution in [2.75, 3.05) is 0 Å². The third kappa shape index (κ3) is 2.75. The second-order valence-electron chi connectivity index (χ2n) is 3.75. The highest BCUT2D eigenvalue weighted by atomic mass is 32.2. The maximum Gasteiger partial charge on any atom is 0.239 e. The zero-order valence-corrected chi connectivity index (χ0v) is 9.56. The van der Waals surface area contributed by atoms with Gasteiger partial charge in [-0.05, 0) is 32.6 Å². The zero-order valence-electron chi connectivity index (χ0n) is 8.75. The fourth-order valence-corrected chi connectivity index (χ4v) is 2.33. The Morgan fingerprint density at radius 2 is 2.47 bits per heavy atom. The van der Waals surface area contributed by atoms with Gasteiger partial charge in [0.2, 0.25) is 5.91 Å². The minimum atomic E-state index is -0.0223. The van der Waals surface area contributed by atoms with Crippen LogP contribution in [0.2, 0.25) is 0 Å². The van der Waals surface area contributed by atoms with Crippen LogP contribution in [0, 0.1) is 0 Å². The van der Waals surface area contributed by atoms with Crippen LogP contribution in [0.3, 0.4) is 0 Å². The molecule has 0 aromatic rings. The van der Waals surface area contributed by atoms with E-state index in [1.165, 1.54) is 30.3 Å². The van der Waals surface area contributed by atoms with Crippen LogP contribution in [0.15, 0.2) is 16.9 Å². The summed E-state index contributed by atoms with van der Waals surface area (Å²) < 4.78 is 0. The maximum absolute atomic E-state index is 11.2. The van der Waals surface area contributed by atoms with E-state index in [4.69, 9.17) is 0 Å². The first-order valence-electron chi connectivity index (χ1n) is 5.26. The lowest BCUT2D eigenvalue weighted by Gasteiger charge is -2.11. The van der Waals surface area contributed by atoms with E-state index in [1.807, 2.05) is 6.92 Å². The molecule has 0 aromatic carbocycles. The molecular weight excluding hydrogens is 210 g/mol. The monoisotopic (exact) mass is 225 g/mol. The molecular formula is C10H15N3OS. The Kier molecular flexibility index (Phi) is 3.30. The minimum Gasteiger partial charge on any atom is -0.303 e. The summed E-state index contributed by atoms with van der Waals surface area (Å²) >= 11 is 1.46. The summed E-state index contributed by atoms with van der Waals surface area (Å²) in [6.07, 6.45) is 6.86. The third-order valence-electron chi connectivity index (χ3n) is 2.48. The molecule has 15 heavy (non-hydrogen) atoms. The van der Waals surface area contributed by atoms with Crippen LogP contribution < -0.4 is 10.7 Å². The first-order chi connectivity index (χ1) is 7.25. The minimum absolute atomic E-state index is 0.0223. The van der Waals surface area contributed by atoms with E-state index in [-0.39, 0.29) is 11.2 Å². The molecule has 0 saturated carbocycles. The van der Waals surface area contributed by atoms with Crippen LogP contribution in [0.5, 0.6) is 0 Å². The smallest absolute Gasteiger partial charge is 0.239 e. The lowest BCUT2D eigenvalue weighted by atomic mass is 10.1. The van der Waals surface area contributed by atoms with E-state index in [0.717, 1.165) is 12.8 Å². The third-order valence-corrected chi connectivity index (χ3v) is 3.46. The average molecular weight is 225 g/mol. The highest BCUT2D eigenvalue weighted by Crippen LogP contribution is 2.19. The summed E-state index contributed by atoms with van der Waals surface area (Å²) in [5, 5.41) is 7.56. The molecule has 2 aliphatic rings. The van der Waals surface area contributed by atoms with Crippen LogP contribution in [0.25, 0.3) is 0 Å². The topological polar surface area (TPSA) is 53.5 Å². The van der Waals surface area contributed by atoms with Gasteiger partial charge in [0.25, 0.3) is 0 Å². The number of carbonyl (C=O) groups is 1. The summed E-state index contributed by atoms with van der Waals surface area (Å²) in [4.78, 5) is 11.2. The summed E-state index contributed by atoms with van der Waals surface area (Å²) in [6, 6.07) is 0. The highest BCUT2D eigenvalue weighted by Gasteiger charge is 2.25. The first kappa shape index (κ1) is 10.5. The molecule has 1 heterocycles. The molecule has 1 unspecified atom stereocenters. The van der Waals surface area contributed by atoms with Crippen molar-refractivity contribution in [2.24, 2.45) is 5.10 Å². The molecule has 2 N–H and O–H groups in total. The molecule has 82 valence electrons. The van der Waals surface area contributed by atoms with Crippen molar-refractivity contribution < 1.29 is 4.79 Å². The van der Waals surface area contributed by atoms with Gasteiger partial charge in [0.15, 0.2) is 5.17 Å². The van der Waals surface area contributed by atoms with E-state index < -0.39 is 0 Å². The van der Waals surface area contributed by atoms with Crippen molar-refractivity contribution in [3.05, 3.63) is 11.8 Å². The number of nitrogens with one attached hydrogen (secondary N) is 2. The van der Waals surface area contributed by atoms with Crippen molar-refractivity contribution in [3.8, 4) is 0 Å². The molecule has 4 nitrogen and oxygen atoms in total. The van der Waals surface area contributed by atoms with Crippen molar-refractivity contribution in [3.63, 3.8) is 0 Å². The number of amides is 1. The number of thioether (sulfide) groups is 1. The van der Waals surface area contributed by atoms with Gasteiger partial charge in [-0.2, -0.15) is 5.10 Å². The van der Waals surface area contributed by atoms with Gasteiger partial charge in [-0.3, -0.25) is 10.2 Å². The quantitative estimate of drug-likeness (QED) is 0.701. The Morgan fingerprint density at radius 3 is 3.07 bits per heavy atom. The van der Waals surface area contributed by atoms with E-state index in [2.05, 4.69) is 21.9 Å². The molecule has 2 rings (SSSR count). The number of amidine groups is 1. The van der Waals surface area contributed by atoms with Gasteiger partial charge in [-0.1, -0.05) is 17.8 Å². The molecule has 1 atom stereocenters. The van der Waals surface area contributed by atoms with Gasteiger partial charge >= 0.3 is 0 Å². The van der Waals surface area contributed by atoms with Gasteiger partial charge in [-0.15, -0.1) is 0 Å². The lowest BCUT2D eigenvalue weighted by Crippen LogP contribution is -2.24. The normalized spacial score (nSPS) is 28.9. The summed E-state index contributed by atoms with van der Waals surface area (Å²) in [5.74, 6) is 0.0400. The standard InChI is InChI=1S/C10H15N3OS/c1-7-9(14)11-10(15-7)13-12-8-5-3-2-4-6-8/h5,7,12H,2-4,6H2,1H3,(H,11,13,14). The number of hydrazone groups is 1. The Labute approximate surface area is 93.6 Å². The molecule has 5 heteroatoms. The van der Waals surface area contributed by atoms with Crippen LogP contribution in [0.4, 0.5) is 0 Å². The fraction of sp³-hybridized carbons (Fsp3) is 0.600. The van der Waals surface area contributed by atoms with Crippen molar-refractivity contribution in [1.29, 1.82) is 0 Å². The molecule has 1 saturated heterocycles. The summed E-state index contributed by atoms with van der Waals surface area (Å²) in [5.41, 5.74) is 4.19. The molecule has 1 aliphatic carbocycles. The average Bonchev–Trinajstić information content (AvgIpc) is 2.57. The number of hydrogen-bond donors (Lipinski definition) is 2. The van der Waals surface area contributed by atoms with E-state index >= 15 is 0 Å². The first-order valence-corrected chi connectivity index (χ1v) is 6.14. The second kappa shape index (κ2) is 4.70. The maximum atomic E-state index is 11.2. The Hall–Kier alpha value is -0.970. The van der Waals surface area contributed by atoms with Gasteiger partial charge in [-0.25, -0.2) is 0 Å². The Balaban J connectivity index is 1.89. The number of allylic oxidation sites excluding steroid dienone is 2. The van der Waals surface area contributed by atoms with E-state index in [1.54, 1.807) is 0 Å². The summed E-state index contributed by atoms with van der Waals surface area (Å²) in [6.45, 7) is 1.88. The zero-order chi connectivity index (χ0) is 10.7. The highest BCUT2D eigenvalue weighted by molar-refractivity contribution is 8.15. The van der Waals surface area contributed by atoms with Gasteiger partial charge in [0.1, 0.15) is 0 Å². The fourth-order valence-electron chi connectivity index (χ4n) is 1.57. The number of carbonyl (C=O) groups excluding carboxylic acids is 1. The molecule has 1 fully saturated rings. The van der Waals surface area contributed by atoms with Crippen LogP contribution in [0.1, 0.15) is 32.6 Å². The van der Waals surface area contributed by atoms with Gasteiger partial charge in [0.05, 0.1) is 5.25 Å². The molecule has 0 aromatic heterocycles. The second-order valence-corrected chi connectivity index (χ2v) is 5.08. The van der Waals surface area contributed by atoms with Gasteiger partial charge in [0, 0.05) is 5.70 Å². The van der Waals surface area contributed by atoms with Crippen LogP contribution in [-0.4, -0.2) is 16.3 Å². The predicted octanol–water partition coefficient (Wildman–Crippen LogP) is 1.56. The van der Waals surface area contributed by atoms with Crippen molar-refractivity contribution in [2.45, 2.75) is 37.9 Å². The van der Waals surface area contributed by atoms with Crippen LogP contribution >= 0.6 is 11.8 Å². The van der Waals surface area contributed by atoms with E-state index in [0.29, 0.717) is 5.17 Å². The Bertz CT molecular complexity index is 325. The lowest BCUT2D eigenvalue weighted by molar-refractivity contribution is -0.118. The molecule has 0 bridgehead atoms. The van der Waals surface area contributed by atoms with Crippen molar-refractivity contribution >= 4 is 22.8 Å². The van der Waals surface area contributed by atoms with Crippen LogP contribution in [-0.2, 0) is 4.79 Å². The molecule has 1 amide bonds. The summed E-state index contributed by atoms with van der Waals surface area (Å²) in [7, 11) is 0. The Morgan fingerprint density at radius 1 is 1.60 bits per heavy atom.